The Morgan fingerprint density at radius 1 is 1.12 bits per heavy atom. The molecule has 0 saturated heterocycles. The van der Waals surface area contributed by atoms with Gasteiger partial charge in [-0.15, -0.1) is 0 Å². The third-order valence-corrected chi connectivity index (χ3v) is 5.03. The molecular formula is C24H34F2N4O2. The molecule has 1 aromatic carbocycles. The van der Waals surface area contributed by atoms with Crippen molar-refractivity contribution < 1.29 is 18.4 Å². The van der Waals surface area contributed by atoms with Crippen LogP contribution in [0.3, 0.4) is 0 Å². The van der Waals surface area contributed by atoms with Crippen LogP contribution in [0.1, 0.15) is 68.7 Å². The zero-order chi connectivity index (χ0) is 23.8. The smallest absolute Gasteiger partial charge is 0.272 e. The molecule has 1 aliphatic heterocycles. The van der Waals surface area contributed by atoms with Gasteiger partial charge in [0.1, 0.15) is 23.2 Å². The minimum absolute atomic E-state index is 0.165. The molecule has 0 atom stereocenters. The maximum atomic E-state index is 14.6. The van der Waals surface area contributed by atoms with Crippen LogP contribution >= 0.6 is 0 Å². The Bertz CT molecular complexity index is 951. The number of carbonyl (C=O) groups is 2. The van der Waals surface area contributed by atoms with Crippen molar-refractivity contribution in [1.82, 2.24) is 20.2 Å². The standard InChI is InChI=1S/C20H24F2N4O2.C4H10/c1-3-12-9-13(15(22)10-14(12)21)19-25-18(20(28)24-11-17(27)23-2)16-7-5-4-6-8-26(16)19;1-4(2)3/h9-10H,3-8,11H2,1-2H3,(H,23,27)(H,24,28);4H,1-3H3. The Morgan fingerprint density at radius 3 is 2.44 bits per heavy atom. The summed E-state index contributed by atoms with van der Waals surface area (Å²) in [5, 5.41) is 4.99. The predicted molar refractivity (Wildman–Crippen MR) is 121 cm³/mol. The molecule has 1 aromatic heterocycles. The van der Waals surface area contributed by atoms with Gasteiger partial charge < -0.3 is 15.2 Å². The molecule has 0 unspecified atom stereocenters. The summed E-state index contributed by atoms with van der Waals surface area (Å²) in [6.07, 6.45) is 3.84. The molecule has 2 N–H and O–H groups in total. The lowest BCUT2D eigenvalue weighted by Crippen LogP contribution is -2.35. The molecule has 3 rings (SSSR count). The second-order valence-electron chi connectivity index (χ2n) is 8.56. The first-order valence-electron chi connectivity index (χ1n) is 11.3. The van der Waals surface area contributed by atoms with Crippen LogP contribution in [0, 0.1) is 17.6 Å². The second-order valence-corrected chi connectivity index (χ2v) is 8.56. The zero-order valence-corrected chi connectivity index (χ0v) is 19.6. The summed E-state index contributed by atoms with van der Waals surface area (Å²) in [6.45, 7) is 8.74. The minimum atomic E-state index is -0.705. The van der Waals surface area contributed by atoms with Crippen LogP contribution in [-0.4, -0.2) is 35.0 Å². The summed E-state index contributed by atoms with van der Waals surface area (Å²) in [5.74, 6) is -0.928. The molecule has 6 nitrogen and oxygen atoms in total. The van der Waals surface area contributed by atoms with E-state index < -0.39 is 17.5 Å². The van der Waals surface area contributed by atoms with Crippen molar-refractivity contribution in [3.05, 3.63) is 40.7 Å². The molecular weight excluding hydrogens is 414 g/mol. The largest absolute Gasteiger partial charge is 0.358 e. The quantitative estimate of drug-likeness (QED) is 0.718. The van der Waals surface area contributed by atoms with Crippen LogP contribution in [-0.2, 0) is 24.2 Å². The summed E-state index contributed by atoms with van der Waals surface area (Å²) in [7, 11) is 1.48. The molecule has 32 heavy (non-hydrogen) atoms. The van der Waals surface area contributed by atoms with E-state index in [1.807, 2.05) is 4.57 Å². The topological polar surface area (TPSA) is 76.0 Å². The molecule has 0 saturated carbocycles. The molecule has 0 spiro atoms. The number of aromatic nitrogens is 2. The SMILES string of the molecule is CC(C)C.CCc1cc(-c2nc(C(=O)NCC(=O)NC)c3n2CCCCC3)c(F)cc1F. The molecule has 0 bridgehead atoms. The van der Waals surface area contributed by atoms with Gasteiger partial charge >= 0.3 is 0 Å². The molecule has 1 aliphatic rings. The number of hydrogen-bond acceptors (Lipinski definition) is 3. The third-order valence-electron chi connectivity index (χ3n) is 5.03. The van der Waals surface area contributed by atoms with Crippen LogP contribution in [0.5, 0.6) is 0 Å². The number of nitrogens with one attached hydrogen (secondary N) is 2. The van der Waals surface area contributed by atoms with Crippen LogP contribution in [0.25, 0.3) is 11.4 Å². The maximum Gasteiger partial charge on any atom is 0.272 e. The Kier molecular flexibility index (Phi) is 9.35. The van der Waals surface area contributed by atoms with Gasteiger partial charge in [0.2, 0.25) is 5.91 Å². The molecule has 0 aliphatic carbocycles. The Labute approximate surface area is 188 Å². The molecule has 0 radical (unpaired) electrons. The van der Waals surface area contributed by atoms with Gasteiger partial charge in [-0.05, 0) is 43.2 Å². The molecule has 2 heterocycles. The number of nitrogens with zero attached hydrogens (tertiary/aromatic N) is 2. The van der Waals surface area contributed by atoms with E-state index in [-0.39, 0.29) is 23.7 Å². The lowest BCUT2D eigenvalue weighted by molar-refractivity contribution is -0.119. The summed E-state index contributed by atoms with van der Waals surface area (Å²) in [6, 6.07) is 2.34. The van der Waals surface area contributed by atoms with E-state index in [2.05, 4.69) is 36.4 Å². The van der Waals surface area contributed by atoms with Crippen molar-refractivity contribution in [2.75, 3.05) is 13.6 Å². The third kappa shape index (κ3) is 6.37. The van der Waals surface area contributed by atoms with Gasteiger partial charge in [-0.25, -0.2) is 13.8 Å². The van der Waals surface area contributed by atoms with E-state index in [0.29, 0.717) is 30.8 Å². The molecule has 2 amide bonds. The number of benzene rings is 1. The van der Waals surface area contributed by atoms with E-state index >= 15 is 0 Å². The van der Waals surface area contributed by atoms with Gasteiger partial charge in [0.15, 0.2) is 0 Å². The van der Waals surface area contributed by atoms with E-state index in [1.54, 1.807) is 6.92 Å². The summed E-state index contributed by atoms with van der Waals surface area (Å²) >= 11 is 0. The van der Waals surface area contributed by atoms with Crippen molar-refractivity contribution in [3.8, 4) is 11.4 Å². The molecule has 2 aromatic rings. The molecule has 8 heteroatoms. The van der Waals surface area contributed by atoms with Crippen LogP contribution < -0.4 is 10.6 Å². The zero-order valence-electron chi connectivity index (χ0n) is 19.6. The highest BCUT2D eigenvalue weighted by Crippen LogP contribution is 2.30. The van der Waals surface area contributed by atoms with Gasteiger partial charge in [0.25, 0.3) is 5.91 Å². The Hall–Kier alpha value is -2.77. The number of carbonyl (C=O) groups excluding carboxylic acids is 2. The van der Waals surface area contributed by atoms with Crippen LogP contribution in [0.15, 0.2) is 12.1 Å². The number of aryl methyl sites for hydroxylation is 1. The maximum absolute atomic E-state index is 14.6. The first kappa shape index (κ1) is 25.5. The number of fused-ring (bicyclic) bond motifs is 1. The summed E-state index contributed by atoms with van der Waals surface area (Å²) in [4.78, 5) is 28.5. The van der Waals surface area contributed by atoms with Crippen molar-refractivity contribution >= 4 is 11.8 Å². The first-order valence-corrected chi connectivity index (χ1v) is 11.3. The monoisotopic (exact) mass is 448 g/mol. The molecule has 176 valence electrons. The first-order chi connectivity index (χ1) is 15.2. The predicted octanol–water partition coefficient (Wildman–Crippen LogP) is 4.26. The average Bonchev–Trinajstić information content (AvgIpc) is 2.92. The highest BCUT2D eigenvalue weighted by atomic mass is 19.1. The fourth-order valence-electron chi connectivity index (χ4n) is 3.48. The second kappa shape index (κ2) is 11.7. The van der Waals surface area contributed by atoms with E-state index in [9.17, 15) is 18.4 Å². The molecule has 0 fully saturated rings. The highest BCUT2D eigenvalue weighted by molar-refractivity contribution is 5.96. The fraction of sp³-hybridized carbons (Fsp3) is 0.542. The normalized spacial score (nSPS) is 13.0. The van der Waals surface area contributed by atoms with Gasteiger partial charge in [-0.3, -0.25) is 9.59 Å². The highest BCUT2D eigenvalue weighted by Gasteiger charge is 2.26. The van der Waals surface area contributed by atoms with Crippen LogP contribution in [0.2, 0.25) is 0 Å². The van der Waals surface area contributed by atoms with E-state index in [4.69, 9.17) is 0 Å². The Balaban J connectivity index is 0.000000837. The summed E-state index contributed by atoms with van der Waals surface area (Å²) < 4.78 is 30.4. The van der Waals surface area contributed by atoms with Gasteiger partial charge in [-0.2, -0.15) is 0 Å². The summed E-state index contributed by atoms with van der Waals surface area (Å²) in [5.41, 5.74) is 1.51. The van der Waals surface area contributed by atoms with Gasteiger partial charge in [-0.1, -0.05) is 34.1 Å². The van der Waals surface area contributed by atoms with E-state index in [0.717, 1.165) is 36.9 Å². The number of amides is 2. The number of likely N-dealkylation sites (N-methyl/N-ethyl adjacent to an activating group) is 1. The lowest BCUT2D eigenvalue weighted by Gasteiger charge is -2.11. The number of hydrogen-bond donors (Lipinski definition) is 2. The van der Waals surface area contributed by atoms with Crippen LogP contribution in [0.4, 0.5) is 8.78 Å². The van der Waals surface area contributed by atoms with Gasteiger partial charge in [0.05, 0.1) is 17.8 Å². The van der Waals surface area contributed by atoms with Crippen molar-refractivity contribution in [2.45, 2.75) is 66.3 Å². The van der Waals surface area contributed by atoms with E-state index in [1.165, 1.54) is 13.1 Å². The average molecular weight is 449 g/mol. The lowest BCUT2D eigenvalue weighted by atomic mass is 10.1. The van der Waals surface area contributed by atoms with Gasteiger partial charge in [0, 0.05) is 19.7 Å². The minimum Gasteiger partial charge on any atom is -0.358 e. The van der Waals surface area contributed by atoms with Crippen molar-refractivity contribution in [1.29, 1.82) is 0 Å². The number of halogens is 2. The fourth-order valence-corrected chi connectivity index (χ4v) is 3.48. The van der Waals surface area contributed by atoms with Crippen molar-refractivity contribution in [2.24, 2.45) is 5.92 Å². The Morgan fingerprint density at radius 2 is 1.81 bits per heavy atom. The van der Waals surface area contributed by atoms with Crippen molar-refractivity contribution in [3.63, 3.8) is 0 Å². The number of imidazole rings is 1. The number of rotatable bonds is 5.